The molecule has 0 heterocycles. The van der Waals surface area contributed by atoms with Gasteiger partial charge in [0.15, 0.2) is 0 Å². The Kier molecular flexibility index (Phi) is 54.0. The van der Waals surface area contributed by atoms with Crippen LogP contribution in [0.4, 0.5) is 0 Å². The maximum absolute atomic E-state index is 14.2. The van der Waals surface area contributed by atoms with Crippen LogP contribution in [0.15, 0.2) is 0 Å². The lowest BCUT2D eigenvalue weighted by Gasteiger charge is -2.41. The van der Waals surface area contributed by atoms with Gasteiger partial charge in [0.05, 0.1) is 101 Å². The number of ether oxygens (including phenoxy) is 13. The van der Waals surface area contributed by atoms with Crippen molar-refractivity contribution in [2.75, 3.05) is 152 Å². The average molecular weight is 1780 g/mol. The number of ketones is 1. The second-order valence-corrected chi connectivity index (χ2v) is 36.6. The fourth-order valence-electron chi connectivity index (χ4n) is 11.1. The summed E-state index contributed by atoms with van der Waals surface area (Å²) in [5.74, 6) is -14.7. The summed E-state index contributed by atoms with van der Waals surface area (Å²) >= 11 is 0. The molecule has 2 unspecified atom stereocenters. The van der Waals surface area contributed by atoms with Crippen molar-refractivity contribution in [3.05, 3.63) is 0 Å². The van der Waals surface area contributed by atoms with Crippen LogP contribution in [0.25, 0.3) is 0 Å². The highest BCUT2D eigenvalue weighted by Gasteiger charge is 2.43. The molecule has 37 heteroatoms. The largest absolute Gasteiger partial charge is 0.465 e. The first-order valence-electron chi connectivity index (χ1n) is 42.9. The number of aliphatic hydroxyl groups is 1. The van der Waals surface area contributed by atoms with Crippen LogP contribution in [0, 0.1) is 74.9 Å². The van der Waals surface area contributed by atoms with Gasteiger partial charge in [-0.25, -0.2) is 0 Å². The Bertz CT molecular complexity index is 3150. The minimum Gasteiger partial charge on any atom is -0.465 e. The Morgan fingerprint density at radius 1 is 0.306 bits per heavy atom. The number of Topliss-reactive ketones (excluding diaryl/α,β-unsaturated/α-hetero) is 1. The molecule has 7 amide bonds. The van der Waals surface area contributed by atoms with E-state index in [4.69, 9.17) is 61.6 Å². The summed E-state index contributed by atoms with van der Waals surface area (Å²) in [6, 6.07) is 0. The van der Waals surface area contributed by atoms with Crippen LogP contribution in [0.3, 0.4) is 0 Å². The molecule has 124 heavy (non-hydrogen) atoms. The van der Waals surface area contributed by atoms with Crippen molar-refractivity contribution in [1.29, 1.82) is 0 Å². The standard InChI is InChI=1S/C87H151N7O30/c1-25-123-82(21,22)30-26-69(100)94-81(19,20)31-35-124-83(23,24)40-84(41-91-66(97)27-32-88-70(101)37-112-45-85(44-95,48-115-73(104)57(4)5)49-122-80(111)64(18)36-65(96)56(2)3,42-92-67(98)28-33-89-71(102)38-113-46-86(50-116-74(105)58(6)7,51-117-75(106)59(8)9)52-118-76(107)60(10)11)43-93-68(99)29-34-90-72(103)39-114-47-87(53-119-77(108)61(12)13,54-120-78(109)62(14)15)55-121-79(110)63(16)17/h56-64,95H,25-55H2,1-24H3,(H,88,101)(H,89,102)(H,90,103)(H,91,97)(H,92,98)(H,93,99)(H,94,100). The van der Waals surface area contributed by atoms with Gasteiger partial charge >= 0.3 is 47.8 Å². The lowest BCUT2D eigenvalue weighted by atomic mass is 9.77. The molecule has 0 aromatic carbocycles. The fraction of sp³-hybridized carbons (Fsp3) is 0.816. The van der Waals surface area contributed by atoms with Crippen molar-refractivity contribution in [3.8, 4) is 0 Å². The number of carbonyl (C=O) groups is 16. The third kappa shape index (κ3) is 50.6. The van der Waals surface area contributed by atoms with Gasteiger partial charge in [-0.3, -0.25) is 76.7 Å². The number of aliphatic hydroxyl groups excluding tert-OH is 1. The van der Waals surface area contributed by atoms with E-state index in [-0.39, 0.29) is 108 Å². The van der Waals surface area contributed by atoms with Crippen molar-refractivity contribution in [1.82, 2.24) is 37.2 Å². The second kappa shape index (κ2) is 58.0. The molecule has 714 valence electrons. The molecule has 2 atom stereocenters. The van der Waals surface area contributed by atoms with Crippen LogP contribution >= 0.6 is 0 Å². The first kappa shape index (κ1) is 115. The Labute approximate surface area is 733 Å². The quantitative estimate of drug-likeness (QED) is 0.0290. The molecule has 0 aromatic rings. The van der Waals surface area contributed by atoms with E-state index in [1.165, 1.54) is 6.92 Å². The molecule has 37 nitrogen and oxygen atoms in total. The molecule has 8 N–H and O–H groups in total. The normalized spacial score (nSPS) is 12.9. The van der Waals surface area contributed by atoms with E-state index in [2.05, 4.69) is 37.2 Å². The molecule has 0 bridgehead atoms. The number of esters is 8. The van der Waals surface area contributed by atoms with Crippen LogP contribution in [-0.2, 0) is 138 Å². The highest BCUT2D eigenvalue weighted by atomic mass is 16.6. The van der Waals surface area contributed by atoms with Crippen LogP contribution in [0.5, 0.6) is 0 Å². The highest BCUT2D eigenvalue weighted by molar-refractivity contribution is 5.86. The number of hydrogen-bond acceptors (Lipinski definition) is 30. The zero-order valence-corrected chi connectivity index (χ0v) is 78.4. The molecule has 0 radical (unpaired) electrons. The fourth-order valence-corrected chi connectivity index (χ4v) is 11.1. The minimum absolute atomic E-state index is 0.0462. The van der Waals surface area contributed by atoms with Gasteiger partial charge in [0.25, 0.3) is 0 Å². The Morgan fingerprint density at radius 3 is 0.879 bits per heavy atom. The molecular formula is C87H151N7O30. The summed E-state index contributed by atoms with van der Waals surface area (Å²) in [4.78, 5) is 211. The van der Waals surface area contributed by atoms with Gasteiger partial charge in [0.2, 0.25) is 41.4 Å². The van der Waals surface area contributed by atoms with Gasteiger partial charge in [-0.1, -0.05) is 118 Å². The third-order valence-corrected chi connectivity index (χ3v) is 19.3. The molecule has 0 fully saturated rings. The van der Waals surface area contributed by atoms with Gasteiger partial charge < -0.3 is 104 Å². The monoisotopic (exact) mass is 1770 g/mol. The van der Waals surface area contributed by atoms with E-state index < -0.39 is 268 Å². The molecule has 0 aliphatic rings. The van der Waals surface area contributed by atoms with E-state index in [9.17, 15) is 81.8 Å². The zero-order chi connectivity index (χ0) is 95.0. The van der Waals surface area contributed by atoms with E-state index in [0.717, 1.165) is 0 Å². The first-order valence-corrected chi connectivity index (χ1v) is 42.9. The van der Waals surface area contributed by atoms with E-state index in [0.29, 0.717) is 13.0 Å². The van der Waals surface area contributed by atoms with Crippen LogP contribution in [-0.4, -0.2) is 268 Å². The molecule has 0 spiro atoms. The Balaban J connectivity index is 7.54. The van der Waals surface area contributed by atoms with E-state index >= 15 is 0 Å². The predicted molar refractivity (Wildman–Crippen MR) is 453 cm³/mol. The summed E-state index contributed by atoms with van der Waals surface area (Å²) in [5, 5.41) is 30.2. The third-order valence-electron chi connectivity index (χ3n) is 19.3. The maximum atomic E-state index is 14.2. The van der Waals surface area contributed by atoms with Crippen LogP contribution in [0.2, 0.25) is 0 Å². The van der Waals surface area contributed by atoms with Gasteiger partial charge in [0.1, 0.15) is 78.5 Å². The number of carbonyl (C=O) groups excluding carboxylic acids is 16. The van der Waals surface area contributed by atoms with Gasteiger partial charge in [0, 0.05) is 101 Å². The minimum atomic E-state index is -1.55. The molecule has 0 rings (SSSR count). The molecular weight excluding hydrogens is 1620 g/mol. The summed E-state index contributed by atoms with van der Waals surface area (Å²) < 4.78 is 74.1. The summed E-state index contributed by atoms with van der Waals surface area (Å²) in [5.41, 5.74) is -8.45. The zero-order valence-electron chi connectivity index (χ0n) is 78.4. The average Bonchev–Trinajstić information content (AvgIpc) is 1.32. The lowest BCUT2D eigenvalue weighted by molar-refractivity contribution is -0.174. The number of nitrogens with one attached hydrogen (secondary N) is 7. The van der Waals surface area contributed by atoms with E-state index in [1.54, 1.807) is 125 Å². The van der Waals surface area contributed by atoms with Gasteiger partial charge in [-0.15, -0.1) is 0 Å². The number of hydrogen-bond donors (Lipinski definition) is 8. The molecule has 0 saturated carbocycles. The smallest absolute Gasteiger partial charge is 0.309 e. The van der Waals surface area contributed by atoms with Crippen molar-refractivity contribution in [2.24, 2.45) is 74.9 Å². The summed E-state index contributed by atoms with van der Waals surface area (Å²) in [6.45, 7) is 31.4. The number of amides is 7. The van der Waals surface area contributed by atoms with Crippen molar-refractivity contribution >= 4 is 94.9 Å². The predicted octanol–water partition coefficient (Wildman–Crippen LogP) is 5.10. The Hall–Kier alpha value is -8.52. The molecule has 0 aromatic heterocycles. The number of rotatable bonds is 67. The topological polar surface area (TPSA) is 498 Å². The van der Waals surface area contributed by atoms with Crippen molar-refractivity contribution < 1.29 is 143 Å². The molecule has 0 saturated heterocycles. The Morgan fingerprint density at radius 2 is 0.597 bits per heavy atom. The van der Waals surface area contributed by atoms with Crippen molar-refractivity contribution in [2.45, 2.75) is 234 Å². The summed E-state index contributed by atoms with van der Waals surface area (Å²) in [7, 11) is 0. The molecule has 0 aliphatic carbocycles. The first-order chi connectivity index (χ1) is 57.5. The van der Waals surface area contributed by atoms with Crippen LogP contribution in [0.1, 0.15) is 218 Å². The van der Waals surface area contributed by atoms with Crippen LogP contribution < -0.4 is 37.2 Å². The summed E-state index contributed by atoms with van der Waals surface area (Å²) in [6.07, 6.45) is -0.302. The second-order valence-electron chi connectivity index (χ2n) is 36.6. The highest BCUT2D eigenvalue weighted by Crippen LogP contribution is 2.33. The van der Waals surface area contributed by atoms with Gasteiger partial charge in [-0.2, -0.15) is 0 Å². The van der Waals surface area contributed by atoms with Gasteiger partial charge in [-0.05, 0) is 67.7 Å². The maximum Gasteiger partial charge on any atom is 0.309 e. The lowest BCUT2D eigenvalue weighted by Crippen LogP contribution is -2.55. The van der Waals surface area contributed by atoms with Crippen molar-refractivity contribution in [3.63, 3.8) is 0 Å². The van der Waals surface area contributed by atoms with E-state index in [1.807, 2.05) is 34.6 Å². The SMILES string of the molecule is CCOC(C)(C)CCC(=O)NC(C)(C)CCOC(C)(C)CC(CNC(=O)CCNC(=O)COCC(COC(=O)C(C)C)(COC(=O)C(C)C)COC(=O)C(C)C)(CNC(=O)CCNC(=O)COCC(COC(=O)C(C)C)(COC(=O)C(C)C)COC(=O)C(C)C)CNC(=O)CCNC(=O)COCC(CO)(COC(=O)C(C)C)COC(=O)C(C)CC(=O)C(C)C. The molecule has 0 aliphatic heterocycles.